The van der Waals surface area contributed by atoms with Crippen molar-refractivity contribution in [2.24, 2.45) is 0 Å². The predicted molar refractivity (Wildman–Crippen MR) is 99.5 cm³/mol. The Bertz CT molecular complexity index is 934. The Balaban J connectivity index is 1.58. The number of halogens is 2. The Morgan fingerprint density at radius 2 is 1.92 bits per heavy atom. The van der Waals surface area contributed by atoms with Gasteiger partial charge in [0, 0.05) is 10.4 Å². The molecule has 1 N–H and O–H groups in total. The maximum absolute atomic E-state index is 12.0. The Kier molecular flexibility index (Phi) is 5.49. The summed E-state index contributed by atoms with van der Waals surface area (Å²) in [7, 11) is 0. The lowest BCUT2D eigenvalue weighted by atomic mass is 10.2. The van der Waals surface area contributed by atoms with Gasteiger partial charge in [-0.1, -0.05) is 41.4 Å². The van der Waals surface area contributed by atoms with E-state index in [1.54, 1.807) is 13.0 Å². The van der Waals surface area contributed by atoms with Crippen LogP contribution in [-0.4, -0.2) is 18.5 Å². The summed E-state index contributed by atoms with van der Waals surface area (Å²) in [5, 5.41) is 4.23. The van der Waals surface area contributed by atoms with Crippen LogP contribution in [0.15, 0.2) is 52.9 Å². The number of hydrogen-bond acceptors (Lipinski definition) is 4. The molecule has 1 aromatic heterocycles. The average molecular weight is 392 g/mol. The smallest absolute Gasteiger partial charge is 0.340 e. The topological polar surface area (TPSA) is 68.5 Å². The second-order valence-corrected chi connectivity index (χ2v) is 6.52. The highest BCUT2D eigenvalue weighted by atomic mass is 35.5. The number of hydrogen-bond donors (Lipinski definition) is 1. The first-order valence-electron chi connectivity index (χ1n) is 7.84. The van der Waals surface area contributed by atoms with Crippen molar-refractivity contribution in [1.82, 2.24) is 5.32 Å². The van der Waals surface area contributed by atoms with E-state index in [0.717, 1.165) is 11.0 Å². The number of furan rings is 1. The van der Waals surface area contributed by atoms with Crippen LogP contribution in [0.4, 0.5) is 0 Å². The molecule has 0 aliphatic carbocycles. The van der Waals surface area contributed by atoms with Gasteiger partial charge >= 0.3 is 5.97 Å². The van der Waals surface area contributed by atoms with Crippen molar-refractivity contribution in [2.75, 3.05) is 6.61 Å². The van der Waals surface area contributed by atoms with Gasteiger partial charge in [0.25, 0.3) is 5.91 Å². The van der Waals surface area contributed by atoms with Gasteiger partial charge in [-0.05, 0) is 37.3 Å². The molecule has 26 heavy (non-hydrogen) atoms. The van der Waals surface area contributed by atoms with E-state index in [1.165, 1.54) is 12.1 Å². The van der Waals surface area contributed by atoms with Crippen molar-refractivity contribution in [2.45, 2.75) is 13.0 Å². The number of para-hydroxylation sites is 1. The summed E-state index contributed by atoms with van der Waals surface area (Å²) in [4.78, 5) is 24.1. The van der Waals surface area contributed by atoms with E-state index in [-0.39, 0.29) is 16.6 Å². The molecule has 0 saturated heterocycles. The SMILES string of the molecule is C[C@H](NC(=O)COC(=O)c1cc(Cl)ccc1Cl)c1cc2ccccc2o1. The highest BCUT2D eigenvalue weighted by Crippen LogP contribution is 2.24. The maximum atomic E-state index is 12.0. The van der Waals surface area contributed by atoms with Crippen LogP contribution in [0.5, 0.6) is 0 Å². The van der Waals surface area contributed by atoms with Crippen molar-refractivity contribution < 1.29 is 18.7 Å². The van der Waals surface area contributed by atoms with Crippen molar-refractivity contribution in [1.29, 1.82) is 0 Å². The van der Waals surface area contributed by atoms with Crippen LogP contribution in [-0.2, 0) is 9.53 Å². The Hall–Kier alpha value is -2.50. The number of amides is 1. The van der Waals surface area contributed by atoms with E-state index < -0.39 is 18.5 Å². The van der Waals surface area contributed by atoms with E-state index >= 15 is 0 Å². The molecular weight excluding hydrogens is 377 g/mol. The molecule has 134 valence electrons. The molecule has 0 fully saturated rings. The van der Waals surface area contributed by atoms with E-state index in [1.807, 2.05) is 30.3 Å². The molecule has 1 heterocycles. The molecular formula is C19H15Cl2NO4. The molecule has 7 heteroatoms. The molecule has 1 amide bonds. The third-order valence-electron chi connectivity index (χ3n) is 3.73. The summed E-state index contributed by atoms with van der Waals surface area (Å²) in [6, 6.07) is 13.5. The molecule has 0 saturated carbocycles. The zero-order valence-corrected chi connectivity index (χ0v) is 15.3. The number of benzene rings is 2. The Morgan fingerprint density at radius 1 is 1.15 bits per heavy atom. The molecule has 3 aromatic rings. The minimum atomic E-state index is -0.718. The molecule has 0 aliphatic heterocycles. The van der Waals surface area contributed by atoms with Crippen molar-refractivity contribution in [3.8, 4) is 0 Å². The zero-order chi connectivity index (χ0) is 18.7. The lowest BCUT2D eigenvalue weighted by Gasteiger charge is -2.12. The number of fused-ring (bicyclic) bond motifs is 1. The fourth-order valence-electron chi connectivity index (χ4n) is 2.43. The molecule has 1 atom stereocenters. The Morgan fingerprint density at radius 3 is 2.69 bits per heavy atom. The molecule has 0 spiro atoms. The summed E-state index contributed by atoms with van der Waals surface area (Å²) >= 11 is 11.8. The zero-order valence-electron chi connectivity index (χ0n) is 13.8. The van der Waals surface area contributed by atoms with Gasteiger partial charge in [-0.15, -0.1) is 0 Å². The molecule has 3 rings (SSSR count). The Labute approximate surface area is 159 Å². The van der Waals surface area contributed by atoms with E-state index in [2.05, 4.69) is 5.32 Å². The lowest BCUT2D eigenvalue weighted by Crippen LogP contribution is -2.31. The first-order valence-corrected chi connectivity index (χ1v) is 8.59. The highest BCUT2D eigenvalue weighted by Gasteiger charge is 2.17. The third-order valence-corrected chi connectivity index (χ3v) is 4.30. The fraction of sp³-hybridized carbons (Fsp3) is 0.158. The maximum Gasteiger partial charge on any atom is 0.340 e. The van der Waals surface area contributed by atoms with Crippen LogP contribution in [0.25, 0.3) is 11.0 Å². The summed E-state index contributed by atoms with van der Waals surface area (Å²) in [5.74, 6) is -0.558. The second kappa shape index (κ2) is 7.81. The van der Waals surface area contributed by atoms with E-state index in [0.29, 0.717) is 10.8 Å². The van der Waals surface area contributed by atoms with Crippen LogP contribution in [0.3, 0.4) is 0 Å². The van der Waals surface area contributed by atoms with Gasteiger partial charge in [0.2, 0.25) is 0 Å². The minimum absolute atomic E-state index is 0.109. The molecule has 0 radical (unpaired) electrons. The molecule has 0 bridgehead atoms. The van der Waals surface area contributed by atoms with Gasteiger partial charge in [-0.25, -0.2) is 4.79 Å². The average Bonchev–Trinajstić information content (AvgIpc) is 3.06. The fourth-order valence-corrected chi connectivity index (χ4v) is 2.80. The van der Waals surface area contributed by atoms with Crippen LogP contribution in [0, 0.1) is 0 Å². The number of nitrogens with one attached hydrogen (secondary N) is 1. The number of carbonyl (C=O) groups excluding carboxylic acids is 2. The van der Waals surface area contributed by atoms with Crippen LogP contribution in [0.1, 0.15) is 29.1 Å². The van der Waals surface area contributed by atoms with Gasteiger partial charge in [0.1, 0.15) is 11.3 Å². The monoisotopic (exact) mass is 391 g/mol. The standard InChI is InChI=1S/C19H15Cl2NO4/c1-11(17-8-12-4-2-3-5-16(12)26-17)22-18(23)10-25-19(24)14-9-13(20)6-7-15(14)21/h2-9,11H,10H2,1H3,(H,22,23)/t11-/m0/s1. The summed E-state index contributed by atoms with van der Waals surface area (Å²) in [5.41, 5.74) is 0.850. The van der Waals surface area contributed by atoms with Crippen molar-refractivity contribution in [3.63, 3.8) is 0 Å². The van der Waals surface area contributed by atoms with Crippen LogP contribution < -0.4 is 5.32 Å². The van der Waals surface area contributed by atoms with Crippen LogP contribution in [0.2, 0.25) is 10.0 Å². The quantitative estimate of drug-likeness (QED) is 0.635. The molecule has 2 aromatic carbocycles. The van der Waals surface area contributed by atoms with Crippen molar-refractivity contribution >= 4 is 46.0 Å². The minimum Gasteiger partial charge on any atom is -0.459 e. The number of esters is 1. The van der Waals surface area contributed by atoms with Crippen LogP contribution >= 0.6 is 23.2 Å². The number of ether oxygens (including phenoxy) is 1. The number of carbonyl (C=O) groups is 2. The van der Waals surface area contributed by atoms with Gasteiger partial charge in [0.15, 0.2) is 6.61 Å². The summed E-state index contributed by atoms with van der Waals surface area (Å²) in [6.45, 7) is 1.34. The molecule has 5 nitrogen and oxygen atoms in total. The second-order valence-electron chi connectivity index (χ2n) is 5.68. The lowest BCUT2D eigenvalue weighted by molar-refractivity contribution is -0.125. The third kappa shape index (κ3) is 4.18. The summed E-state index contributed by atoms with van der Waals surface area (Å²) < 4.78 is 10.7. The van der Waals surface area contributed by atoms with Gasteiger partial charge in [-0.2, -0.15) is 0 Å². The molecule has 0 aliphatic rings. The van der Waals surface area contributed by atoms with Gasteiger partial charge in [-0.3, -0.25) is 4.79 Å². The first-order chi connectivity index (χ1) is 12.4. The first kappa shape index (κ1) is 18.3. The van der Waals surface area contributed by atoms with Gasteiger partial charge < -0.3 is 14.5 Å². The predicted octanol–water partition coefficient (Wildman–Crippen LogP) is 4.77. The van der Waals surface area contributed by atoms with E-state index in [4.69, 9.17) is 32.4 Å². The van der Waals surface area contributed by atoms with Crippen molar-refractivity contribution in [3.05, 3.63) is 69.9 Å². The summed E-state index contributed by atoms with van der Waals surface area (Å²) in [6.07, 6.45) is 0. The normalized spacial score (nSPS) is 12.0. The highest BCUT2D eigenvalue weighted by molar-refractivity contribution is 6.35. The van der Waals surface area contributed by atoms with Gasteiger partial charge in [0.05, 0.1) is 16.6 Å². The molecule has 0 unspecified atom stereocenters. The van der Waals surface area contributed by atoms with E-state index in [9.17, 15) is 9.59 Å². The number of rotatable bonds is 5. The largest absolute Gasteiger partial charge is 0.459 e.